The number of carbonyl (C=O) groups excluding carboxylic acids is 1. The zero-order valence-electron chi connectivity index (χ0n) is 11.4. The number of furan rings is 1. The second-order valence-corrected chi connectivity index (χ2v) is 5.13. The number of hydrogen-bond donors (Lipinski definition) is 2. The normalized spacial score (nSPS) is 21.6. The molecule has 1 aromatic carbocycles. The Morgan fingerprint density at radius 1 is 1.45 bits per heavy atom. The van der Waals surface area contributed by atoms with E-state index in [0.717, 1.165) is 24.8 Å². The van der Waals surface area contributed by atoms with Gasteiger partial charge in [-0.05, 0) is 44.0 Å². The lowest BCUT2D eigenvalue weighted by Gasteiger charge is -2.35. The van der Waals surface area contributed by atoms with E-state index in [1.165, 1.54) is 0 Å². The van der Waals surface area contributed by atoms with Crippen LogP contribution in [0.15, 0.2) is 28.7 Å². The summed E-state index contributed by atoms with van der Waals surface area (Å²) in [5.74, 6) is 0.144. The average Bonchev–Trinajstić information content (AvgIpc) is 2.79. The molecule has 5 heteroatoms. The van der Waals surface area contributed by atoms with Crippen LogP contribution in [-0.2, 0) is 4.74 Å². The van der Waals surface area contributed by atoms with E-state index in [9.17, 15) is 4.79 Å². The van der Waals surface area contributed by atoms with Gasteiger partial charge in [0.25, 0.3) is 5.91 Å². The SMILES string of the molecule is CCOC1CC(NC(=O)c2cc3cc(N)ccc3o2)C1. The maximum atomic E-state index is 12.1. The van der Waals surface area contributed by atoms with Gasteiger partial charge in [0, 0.05) is 23.7 Å². The number of carbonyl (C=O) groups is 1. The minimum atomic E-state index is -0.181. The first-order chi connectivity index (χ1) is 9.65. The first-order valence-electron chi connectivity index (χ1n) is 6.87. The lowest BCUT2D eigenvalue weighted by atomic mass is 9.89. The van der Waals surface area contributed by atoms with Gasteiger partial charge in [-0.2, -0.15) is 0 Å². The number of anilines is 1. The molecule has 0 spiro atoms. The van der Waals surface area contributed by atoms with Gasteiger partial charge in [-0.1, -0.05) is 0 Å². The van der Waals surface area contributed by atoms with Gasteiger partial charge in [0.15, 0.2) is 5.76 Å². The van der Waals surface area contributed by atoms with Crippen LogP contribution in [0.2, 0.25) is 0 Å². The summed E-state index contributed by atoms with van der Waals surface area (Å²) in [5.41, 5.74) is 7.04. The summed E-state index contributed by atoms with van der Waals surface area (Å²) in [4.78, 5) is 12.1. The zero-order valence-corrected chi connectivity index (χ0v) is 11.4. The van der Waals surface area contributed by atoms with E-state index in [0.29, 0.717) is 17.0 Å². The van der Waals surface area contributed by atoms with Crippen LogP contribution in [0.25, 0.3) is 11.0 Å². The predicted octanol–water partition coefficient (Wildman–Crippen LogP) is 2.31. The van der Waals surface area contributed by atoms with Crippen LogP contribution in [0, 0.1) is 0 Å². The highest BCUT2D eigenvalue weighted by Gasteiger charge is 2.31. The average molecular weight is 274 g/mol. The Hall–Kier alpha value is -2.01. The van der Waals surface area contributed by atoms with E-state index in [2.05, 4.69) is 5.32 Å². The maximum Gasteiger partial charge on any atom is 0.287 e. The molecule has 0 radical (unpaired) electrons. The largest absolute Gasteiger partial charge is 0.451 e. The van der Waals surface area contributed by atoms with Gasteiger partial charge in [0.2, 0.25) is 0 Å². The smallest absolute Gasteiger partial charge is 0.287 e. The van der Waals surface area contributed by atoms with Gasteiger partial charge >= 0.3 is 0 Å². The second-order valence-electron chi connectivity index (χ2n) is 5.13. The Kier molecular flexibility index (Phi) is 3.36. The van der Waals surface area contributed by atoms with Gasteiger partial charge in [-0.15, -0.1) is 0 Å². The number of nitrogen functional groups attached to an aromatic ring is 1. The molecule has 1 fully saturated rings. The minimum absolute atomic E-state index is 0.178. The number of benzene rings is 1. The lowest BCUT2D eigenvalue weighted by Crippen LogP contribution is -2.47. The molecule has 1 saturated carbocycles. The topological polar surface area (TPSA) is 77.5 Å². The van der Waals surface area contributed by atoms with Crippen molar-refractivity contribution in [2.24, 2.45) is 0 Å². The van der Waals surface area contributed by atoms with Crippen molar-refractivity contribution >= 4 is 22.6 Å². The molecule has 0 bridgehead atoms. The summed E-state index contributed by atoms with van der Waals surface area (Å²) in [6, 6.07) is 7.23. The Balaban J connectivity index is 1.64. The number of nitrogens with two attached hydrogens (primary N) is 1. The highest BCUT2D eigenvalue weighted by Crippen LogP contribution is 2.25. The van der Waals surface area contributed by atoms with Gasteiger partial charge < -0.3 is 20.2 Å². The highest BCUT2D eigenvalue weighted by atomic mass is 16.5. The number of nitrogens with one attached hydrogen (secondary N) is 1. The number of amides is 1. The summed E-state index contributed by atoms with van der Waals surface area (Å²) in [5, 5.41) is 3.80. The molecule has 3 N–H and O–H groups in total. The molecule has 3 rings (SSSR count). The molecule has 20 heavy (non-hydrogen) atoms. The third kappa shape index (κ3) is 2.49. The van der Waals surface area contributed by atoms with Crippen molar-refractivity contribution in [3.63, 3.8) is 0 Å². The standard InChI is InChI=1S/C15H18N2O3/c1-2-19-12-7-11(8-12)17-15(18)14-6-9-5-10(16)3-4-13(9)20-14/h3-6,11-12H,2,7-8,16H2,1H3,(H,17,18). The van der Waals surface area contributed by atoms with E-state index < -0.39 is 0 Å². The molecule has 1 heterocycles. The van der Waals surface area contributed by atoms with Gasteiger partial charge in [-0.3, -0.25) is 4.79 Å². The fourth-order valence-corrected chi connectivity index (χ4v) is 2.49. The lowest BCUT2D eigenvalue weighted by molar-refractivity contribution is -0.00883. The van der Waals surface area contributed by atoms with Gasteiger partial charge in [-0.25, -0.2) is 0 Å². The summed E-state index contributed by atoms with van der Waals surface area (Å²) in [6.07, 6.45) is 2.01. The first-order valence-corrected chi connectivity index (χ1v) is 6.87. The third-order valence-corrected chi connectivity index (χ3v) is 3.60. The molecule has 0 saturated heterocycles. The second kappa shape index (κ2) is 5.17. The quantitative estimate of drug-likeness (QED) is 0.839. The van der Waals surface area contributed by atoms with Gasteiger partial charge in [0.05, 0.1) is 6.10 Å². The number of ether oxygens (including phenoxy) is 1. The molecule has 1 aliphatic carbocycles. The van der Waals surface area contributed by atoms with E-state index in [1.807, 2.05) is 6.92 Å². The third-order valence-electron chi connectivity index (χ3n) is 3.60. The summed E-state index contributed by atoms with van der Waals surface area (Å²) >= 11 is 0. The molecule has 1 aromatic heterocycles. The van der Waals surface area contributed by atoms with Crippen molar-refractivity contribution in [3.8, 4) is 0 Å². The molecule has 0 aliphatic heterocycles. The van der Waals surface area contributed by atoms with Crippen LogP contribution in [0.5, 0.6) is 0 Å². The first kappa shape index (κ1) is 13.0. The molecule has 0 atom stereocenters. The van der Waals surface area contributed by atoms with Crippen LogP contribution in [0.3, 0.4) is 0 Å². The van der Waals surface area contributed by atoms with Gasteiger partial charge in [0.1, 0.15) is 5.58 Å². The van der Waals surface area contributed by atoms with E-state index in [1.54, 1.807) is 24.3 Å². The highest BCUT2D eigenvalue weighted by molar-refractivity contribution is 5.96. The molecular formula is C15H18N2O3. The van der Waals surface area contributed by atoms with Crippen molar-refractivity contribution in [3.05, 3.63) is 30.0 Å². The van der Waals surface area contributed by atoms with E-state index in [-0.39, 0.29) is 18.1 Å². The van der Waals surface area contributed by atoms with Crippen LogP contribution in [0.4, 0.5) is 5.69 Å². The molecule has 0 unspecified atom stereocenters. The van der Waals surface area contributed by atoms with Crippen LogP contribution >= 0.6 is 0 Å². The minimum Gasteiger partial charge on any atom is -0.451 e. The summed E-state index contributed by atoms with van der Waals surface area (Å²) in [7, 11) is 0. The molecule has 5 nitrogen and oxygen atoms in total. The Bertz CT molecular complexity index is 629. The summed E-state index contributed by atoms with van der Waals surface area (Å²) < 4.78 is 11.0. The van der Waals surface area contributed by atoms with Crippen molar-refractivity contribution in [1.29, 1.82) is 0 Å². The van der Waals surface area contributed by atoms with Crippen molar-refractivity contribution in [2.75, 3.05) is 12.3 Å². The van der Waals surface area contributed by atoms with Crippen molar-refractivity contribution in [1.82, 2.24) is 5.32 Å². The van der Waals surface area contributed by atoms with Crippen molar-refractivity contribution < 1.29 is 13.9 Å². The molecule has 1 aliphatic rings. The fraction of sp³-hybridized carbons (Fsp3) is 0.400. The Morgan fingerprint density at radius 2 is 2.25 bits per heavy atom. The summed E-state index contributed by atoms with van der Waals surface area (Å²) in [6.45, 7) is 2.70. The van der Waals surface area contributed by atoms with Crippen LogP contribution in [0.1, 0.15) is 30.3 Å². The van der Waals surface area contributed by atoms with E-state index in [4.69, 9.17) is 14.9 Å². The molecule has 106 valence electrons. The van der Waals surface area contributed by atoms with Crippen molar-refractivity contribution in [2.45, 2.75) is 31.9 Å². The fourth-order valence-electron chi connectivity index (χ4n) is 2.49. The Morgan fingerprint density at radius 3 is 3.00 bits per heavy atom. The number of hydrogen-bond acceptors (Lipinski definition) is 4. The maximum absolute atomic E-state index is 12.1. The van der Waals surface area contributed by atoms with Crippen LogP contribution in [-0.4, -0.2) is 24.7 Å². The zero-order chi connectivity index (χ0) is 14.1. The predicted molar refractivity (Wildman–Crippen MR) is 76.5 cm³/mol. The number of fused-ring (bicyclic) bond motifs is 1. The molecular weight excluding hydrogens is 256 g/mol. The van der Waals surface area contributed by atoms with E-state index >= 15 is 0 Å². The monoisotopic (exact) mass is 274 g/mol. The van der Waals surface area contributed by atoms with Crippen LogP contribution < -0.4 is 11.1 Å². The molecule has 2 aromatic rings. The molecule has 1 amide bonds. The number of rotatable bonds is 4. The Labute approximate surface area is 117 Å².